The van der Waals surface area contributed by atoms with Crippen molar-refractivity contribution in [3.05, 3.63) is 0 Å². The van der Waals surface area contributed by atoms with Gasteiger partial charge in [-0.15, -0.1) is 34.1 Å². The molecule has 0 aromatic carbocycles. The van der Waals surface area contributed by atoms with Gasteiger partial charge in [0.05, 0.1) is 0 Å². The van der Waals surface area contributed by atoms with Crippen LogP contribution >= 0.6 is 109 Å². The van der Waals surface area contributed by atoms with Crippen molar-refractivity contribution in [3.8, 4) is 5.40 Å². The van der Waals surface area contributed by atoms with Gasteiger partial charge >= 0.3 is 0 Å². The molecule has 3 unspecified atom stereocenters. The summed E-state index contributed by atoms with van der Waals surface area (Å²) in [7, 11) is 7.49. The van der Waals surface area contributed by atoms with Crippen LogP contribution in [0.3, 0.4) is 0 Å². The zero-order valence-electron chi connectivity index (χ0n) is 21.8. The molecule has 14 nitrogen and oxygen atoms in total. The molecule has 1 amide bonds. The Bertz CT molecular complexity index is 251. The number of carboxylic acid groups (broad SMARTS) is 3. The Morgan fingerprint density at radius 3 is 0.750 bits per heavy atom. The number of hydrogen-bond acceptors (Lipinski definition) is 17. The Kier molecular flexibility index (Phi) is 1010. The number of nitrogens with one attached hydrogen (secondary N) is 1. The van der Waals surface area contributed by atoms with E-state index >= 15 is 0 Å². The Morgan fingerprint density at radius 2 is 0.750 bits per heavy atom. The lowest BCUT2D eigenvalue weighted by Crippen LogP contribution is -2.18. The number of hydrogen-bond donors (Lipinski definition) is 12. The highest BCUT2D eigenvalue weighted by Crippen LogP contribution is 2.00. The average Bonchev–Trinajstić information content (AvgIpc) is 2.81. The first-order chi connectivity index (χ1) is 15.3. The molecule has 0 aromatic heterocycles. The molecular weight excluding hydrogens is 672 g/mol. The van der Waals surface area contributed by atoms with E-state index in [1.807, 2.05) is 24.2 Å². The molecule has 0 aliphatic heterocycles. The number of thioether (sulfide) groups is 1. The number of carbonyl (C=O) groups excluding carboxylic acids is 1. The molecule has 0 saturated heterocycles. The number of thiol groups is 3. The molecule has 0 bridgehead atoms. The van der Waals surface area contributed by atoms with E-state index in [-0.39, 0.29) is 44.0 Å². The van der Waals surface area contributed by atoms with E-state index in [0.29, 0.717) is 6.41 Å². The van der Waals surface area contributed by atoms with Gasteiger partial charge in [0.15, 0.2) is 0 Å². The standard InChI is InChI=1S/C2H3NS.CH4N2O.3CH2O2.3CH5PS.3CH4S.4H3N/c1-4-2-3;2-3-1-4;3*2-1-3;3*1-3-2;3*1-2;;;;/h1H3;1H,2H2,(H,3,4);3*1H,(H,2,3);3*2H2,1H3;3*2H,1H3;4*1H3. The Hall–Kier alpha value is 0.910. The van der Waals surface area contributed by atoms with Crippen molar-refractivity contribution in [1.29, 1.82) is 5.26 Å². The summed E-state index contributed by atoms with van der Waals surface area (Å²) in [5.74, 6) is 4.41. The number of thiocyanates is 1. The molecule has 36 heavy (non-hydrogen) atoms. The predicted molar refractivity (Wildman–Crippen MR) is 193 cm³/mol. The molecule has 3 atom stereocenters. The Morgan fingerprint density at radius 1 is 0.694 bits per heavy atom. The minimum Gasteiger partial charge on any atom is -0.483 e. The van der Waals surface area contributed by atoms with Crippen LogP contribution in [-0.2, 0) is 19.2 Å². The summed E-state index contributed by atoms with van der Waals surface area (Å²) in [4.78, 5) is 34.0. The monoisotopic (exact) mass is 723 g/mol. The van der Waals surface area contributed by atoms with Crippen LogP contribution < -0.4 is 35.9 Å². The highest BCUT2D eigenvalue weighted by molar-refractivity contribution is 8.43. The maximum absolute atomic E-state index is 8.94. The first kappa shape index (κ1) is 99.1. The third kappa shape index (κ3) is 4740. The van der Waals surface area contributed by atoms with Gasteiger partial charge in [-0.1, -0.05) is 25.3 Å². The Balaban J connectivity index is -0.0000000103. The molecule has 234 valence electrons. The fourth-order valence-corrected chi connectivity index (χ4v) is 0. The third-order valence-electron chi connectivity index (χ3n) is 0.159. The van der Waals surface area contributed by atoms with Gasteiger partial charge < -0.3 is 39.9 Å². The lowest BCUT2D eigenvalue weighted by atomic mass is 11.4. The second-order valence-corrected chi connectivity index (χ2v) is 7.85. The number of nitriles is 1. The minimum atomic E-state index is -0.250. The zero-order chi connectivity index (χ0) is 29.1. The van der Waals surface area contributed by atoms with Crippen molar-refractivity contribution in [2.24, 2.45) is 5.84 Å². The lowest BCUT2D eigenvalue weighted by molar-refractivity contribution is -0.123. The number of rotatable bonds is 1. The highest BCUT2D eigenvalue weighted by atomic mass is 32.7. The van der Waals surface area contributed by atoms with Crippen LogP contribution in [0.5, 0.6) is 0 Å². The molecule has 0 aromatic rings. The van der Waals surface area contributed by atoms with Gasteiger partial charge in [0.25, 0.3) is 19.4 Å². The van der Waals surface area contributed by atoms with Crippen LogP contribution in [0.4, 0.5) is 0 Å². The molecule has 0 radical (unpaired) electrons. The van der Waals surface area contributed by atoms with Crippen molar-refractivity contribution in [3.63, 3.8) is 0 Å². The SMILES string of the molecule is CS.CS.CS.CSC#N.CSP.CSP.CSP.N.N.N.N.NNC=O.O=CO.O=CO.O=CO. The van der Waals surface area contributed by atoms with Gasteiger partial charge in [0.1, 0.15) is 5.40 Å². The number of nitrogens with zero attached hydrogens (tertiary/aromatic N) is 1. The highest BCUT2D eigenvalue weighted by Gasteiger charge is 1.49. The van der Waals surface area contributed by atoms with E-state index in [0.717, 1.165) is 11.8 Å². The van der Waals surface area contributed by atoms with Crippen LogP contribution in [-0.4, -0.2) is 84.9 Å². The summed E-state index contributed by atoms with van der Waals surface area (Å²) in [6.45, 7) is -0.750. The van der Waals surface area contributed by atoms with Gasteiger partial charge in [-0.2, -0.15) is 43.1 Å². The Labute approximate surface area is 258 Å². The maximum Gasteiger partial charge on any atom is 0.290 e. The van der Waals surface area contributed by atoms with Crippen LogP contribution in [0.2, 0.25) is 0 Å². The number of amides is 1. The van der Waals surface area contributed by atoms with Crippen molar-refractivity contribution < 1.29 is 34.5 Å². The fraction of sp³-hybridized carbons (Fsp3) is 0.583. The number of hydrazine groups is 1. The maximum atomic E-state index is 8.94. The number of carbonyl (C=O) groups is 4. The molecule has 0 saturated carbocycles. The molecule has 0 spiro atoms. The summed E-state index contributed by atoms with van der Waals surface area (Å²) in [6, 6.07) is 0. The first-order valence-electron chi connectivity index (χ1n) is 6.40. The molecule has 0 aliphatic carbocycles. The quantitative estimate of drug-likeness (QED) is 0.0342. The van der Waals surface area contributed by atoms with Gasteiger partial charge in [0.2, 0.25) is 6.41 Å². The molecular formula is C12H52N7O7P3S7. The summed E-state index contributed by atoms with van der Waals surface area (Å²) in [5.41, 5.74) is 1.75. The van der Waals surface area contributed by atoms with E-state index in [2.05, 4.69) is 69.1 Å². The van der Waals surface area contributed by atoms with Gasteiger partial charge in [-0.25, -0.2) is 5.84 Å². The molecule has 0 fully saturated rings. The van der Waals surface area contributed by atoms with Gasteiger partial charge in [-0.05, 0) is 55.6 Å². The van der Waals surface area contributed by atoms with Gasteiger partial charge in [0, 0.05) is 0 Å². The zero-order valence-corrected chi connectivity index (χ0v) is 31.3. The van der Waals surface area contributed by atoms with Crippen molar-refractivity contribution >= 4 is 135 Å². The predicted octanol–water partition coefficient (Wildman–Crippen LogP) is 4.24. The van der Waals surface area contributed by atoms with E-state index in [1.165, 1.54) is 0 Å². The van der Waals surface area contributed by atoms with E-state index in [1.54, 1.807) is 64.6 Å². The van der Waals surface area contributed by atoms with Gasteiger partial charge in [-0.3, -0.25) is 24.6 Å². The smallest absolute Gasteiger partial charge is 0.290 e. The fourth-order valence-electron chi connectivity index (χ4n) is 0. The summed E-state index contributed by atoms with van der Waals surface area (Å²) in [5, 5.41) is 30.1. The summed E-state index contributed by atoms with van der Waals surface area (Å²) < 4.78 is 0. The van der Waals surface area contributed by atoms with Crippen molar-refractivity contribution in [2.45, 2.75) is 0 Å². The van der Waals surface area contributed by atoms with Crippen LogP contribution in [0, 0.1) is 10.7 Å². The van der Waals surface area contributed by atoms with E-state index < -0.39 is 0 Å². The van der Waals surface area contributed by atoms with Crippen LogP contribution in [0.25, 0.3) is 0 Å². The largest absolute Gasteiger partial charge is 0.483 e. The average molecular weight is 724 g/mol. The topological polar surface area (TPSA) is 331 Å². The molecule has 24 heteroatoms. The lowest BCUT2D eigenvalue weighted by Gasteiger charge is -1.66. The van der Waals surface area contributed by atoms with E-state index in [4.69, 9.17) is 39.8 Å². The second-order valence-electron chi connectivity index (χ2n) is 1.60. The minimum absolute atomic E-state index is 0. The molecule has 0 aliphatic rings. The second kappa shape index (κ2) is 368. The summed E-state index contributed by atoms with van der Waals surface area (Å²) >= 11 is 16.7. The van der Waals surface area contributed by atoms with Crippen molar-refractivity contribution in [1.82, 2.24) is 30.0 Å². The molecule has 0 rings (SSSR count). The number of nitrogens with two attached hydrogens (primary N) is 1. The van der Waals surface area contributed by atoms with Crippen molar-refractivity contribution in [2.75, 3.05) is 43.8 Å². The van der Waals surface area contributed by atoms with E-state index in [9.17, 15) is 0 Å². The normalized spacial score (nSPS) is 4.14. The molecule has 18 N–H and O–H groups in total. The van der Waals surface area contributed by atoms with Crippen LogP contribution in [0.15, 0.2) is 0 Å². The van der Waals surface area contributed by atoms with Crippen LogP contribution in [0.1, 0.15) is 0 Å². The molecule has 0 heterocycles. The first-order valence-corrected chi connectivity index (χ1v) is 18.4. The summed E-state index contributed by atoms with van der Waals surface area (Å²) in [6.07, 6.45) is 13.2. The third-order valence-corrected chi connectivity index (χ3v) is 0.342.